The number of benzene rings is 1. The summed E-state index contributed by atoms with van der Waals surface area (Å²) in [5.74, 6) is 1.05. The summed E-state index contributed by atoms with van der Waals surface area (Å²) in [6, 6.07) is 5.89. The van der Waals surface area contributed by atoms with Gasteiger partial charge in [0.1, 0.15) is 18.2 Å². The molecular formula is C17H26FNO3. The first-order valence-corrected chi connectivity index (χ1v) is 8.00. The molecule has 1 heterocycles. The second kappa shape index (κ2) is 9.08. The van der Waals surface area contributed by atoms with Gasteiger partial charge in [-0.3, -0.25) is 0 Å². The molecular weight excluding hydrogens is 285 g/mol. The summed E-state index contributed by atoms with van der Waals surface area (Å²) in [4.78, 5) is 2.30. The van der Waals surface area contributed by atoms with E-state index in [4.69, 9.17) is 9.47 Å². The Bertz CT molecular complexity index is 426. The van der Waals surface area contributed by atoms with Crippen molar-refractivity contribution in [1.29, 1.82) is 0 Å². The maximum Gasteiger partial charge on any atom is 0.123 e. The van der Waals surface area contributed by atoms with Crippen LogP contribution in [0.3, 0.4) is 0 Å². The van der Waals surface area contributed by atoms with E-state index >= 15 is 0 Å². The van der Waals surface area contributed by atoms with Crippen LogP contribution in [0.15, 0.2) is 24.3 Å². The van der Waals surface area contributed by atoms with Gasteiger partial charge in [0.2, 0.25) is 0 Å². The van der Waals surface area contributed by atoms with Gasteiger partial charge in [0, 0.05) is 13.1 Å². The molecule has 0 saturated carbocycles. The molecule has 0 amide bonds. The standard InChI is InChI=1S/C17H26FNO3/c1-14-3-2-8-19(11-14)12-16(20)13-21-9-10-22-17-6-4-15(18)5-7-17/h4-7,14,16,20H,2-3,8-13H2,1H3. The van der Waals surface area contributed by atoms with Crippen LogP contribution in [0.1, 0.15) is 19.8 Å². The Hall–Kier alpha value is -1.17. The molecule has 0 aromatic heterocycles. The summed E-state index contributed by atoms with van der Waals surface area (Å²) in [6.45, 7) is 6.16. The Morgan fingerprint density at radius 1 is 1.32 bits per heavy atom. The lowest BCUT2D eigenvalue weighted by atomic mass is 10.0. The SMILES string of the molecule is CC1CCCN(CC(O)COCCOc2ccc(F)cc2)C1. The molecule has 2 atom stereocenters. The molecule has 1 aromatic carbocycles. The van der Waals surface area contributed by atoms with Gasteiger partial charge in [0.05, 0.1) is 19.3 Å². The zero-order chi connectivity index (χ0) is 15.8. The van der Waals surface area contributed by atoms with E-state index in [-0.39, 0.29) is 5.82 Å². The summed E-state index contributed by atoms with van der Waals surface area (Å²) < 4.78 is 23.6. The highest BCUT2D eigenvalue weighted by Crippen LogP contribution is 2.15. The van der Waals surface area contributed by atoms with Gasteiger partial charge < -0.3 is 19.5 Å². The number of rotatable bonds is 8. The molecule has 1 N–H and O–H groups in total. The maximum absolute atomic E-state index is 12.7. The van der Waals surface area contributed by atoms with Crippen LogP contribution in [0.25, 0.3) is 0 Å². The molecule has 2 unspecified atom stereocenters. The second-order valence-corrected chi connectivity index (χ2v) is 6.04. The maximum atomic E-state index is 12.7. The fourth-order valence-corrected chi connectivity index (χ4v) is 2.77. The van der Waals surface area contributed by atoms with Crippen LogP contribution < -0.4 is 4.74 Å². The van der Waals surface area contributed by atoms with Gasteiger partial charge >= 0.3 is 0 Å². The monoisotopic (exact) mass is 311 g/mol. The number of β-amino-alcohol motifs (C(OH)–C–C–N with tert-alkyl or cyclic N) is 1. The Morgan fingerprint density at radius 3 is 2.82 bits per heavy atom. The van der Waals surface area contributed by atoms with Crippen molar-refractivity contribution in [3.63, 3.8) is 0 Å². The first-order chi connectivity index (χ1) is 10.6. The number of aliphatic hydroxyl groups excluding tert-OH is 1. The fraction of sp³-hybridized carbons (Fsp3) is 0.647. The summed E-state index contributed by atoms with van der Waals surface area (Å²) in [7, 11) is 0. The number of nitrogens with zero attached hydrogens (tertiary/aromatic N) is 1. The molecule has 0 spiro atoms. The number of hydrogen-bond donors (Lipinski definition) is 1. The molecule has 22 heavy (non-hydrogen) atoms. The van der Waals surface area contributed by atoms with Crippen LogP contribution >= 0.6 is 0 Å². The van der Waals surface area contributed by atoms with Crippen LogP contribution in [0, 0.1) is 11.7 Å². The molecule has 0 bridgehead atoms. The molecule has 4 nitrogen and oxygen atoms in total. The van der Waals surface area contributed by atoms with E-state index in [9.17, 15) is 9.50 Å². The zero-order valence-electron chi connectivity index (χ0n) is 13.2. The first kappa shape index (κ1) is 17.2. The smallest absolute Gasteiger partial charge is 0.123 e. The number of aliphatic hydroxyl groups is 1. The summed E-state index contributed by atoms with van der Waals surface area (Å²) in [5.41, 5.74) is 0. The van der Waals surface area contributed by atoms with E-state index in [1.54, 1.807) is 12.1 Å². The second-order valence-electron chi connectivity index (χ2n) is 6.04. The van der Waals surface area contributed by atoms with E-state index in [0.717, 1.165) is 13.1 Å². The van der Waals surface area contributed by atoms with Crippen LogP contribution in [-0.2, 0) is 4.74 Å². The van der Waals surface area contributed by atoms with Crippen molar-refractivity contribution in [2.75, 3.05) is 39.5 Å². The first-order valence-electron chi connectivity index (χ1n) is 8.00. The van der Waals surface area contributed by atoms with Gasteiger partial charge in [0.25, 0.3) is 0 Å². The highest BCUT2D eigenvalue weighted by molar-refractivity contribution is 5.21. The van der Waals surface area contributed by atoms with Crippen molar-refractivity contribution < 1.29 is 19.0 Å². The largest absolute Gasteiger partial charge is 0.491 e. The van der Waals surface area contributed by atoms with E-state index in [1.807, 2.05) is 0 Å². The minimum Gasteiger partial charge on any atom is -0.491 e. The quantitative estimate of drug-likeness (QED) is 0.748. The number of likely N-dealkylation sites (tertiary alicyclic amines) is 1. The highest BCUT2D eigenvalue weighted by atomic mass is 19.1. The van der Waals surface area contributed by atoms with Crippen molar-refractivity contribution in [3.05, 3.63) is 30.1 Å². The van der Waals surface area contributed by atoms with Crippen molar-refractivity contribution in [2.24, 2.45) is 5.92 Å². The molecule has 2 rings (SSSR count). The number of halogens is 1. The van der Waals surface area contributed by atoms with E-state index < -0.39 is 6.10 Å². The predicted molar refractivity (Wildman–Crippen MR) is 83.6 cm³/mol. The molecule has 1 aliphatic heterocycles. The highest BCUT2D eigenvalue weighted by Gasteiger charge is 2.18. The Balaban J connectivity index is 1.53. The minimum absolute atomic E-state index is 0.279. The van der Waals surface area contributed by atoms with Gasteiger partial charge in [-0.05, 0) is 49.6 Å². The lowest BCUT2D eigenvalue weighted by Gasteiger charge is -2.32. The van der Waals surface area contributed by atoms with Gasteiger partial charge in [-0.15, -0.1) is 0 Å². The van der Waals surface area contributed by atoms with E-state index in [2.05, 4.69) is 11.8 Å². The third-order valence-corrected chi connectivity index (χ3v) is 3.83. The normalized spacial score (nSPS) is 20.8. The topological polar surface area (TPSA) is 41.9 Å². The van der Waals surface area contributed by atoms with E-state index in [0.29, 0.717) is 38.0 Å². The summed E-state index contributed by atoms with van der Waals surface area (Å²) >= 11 is 0. The zero-order valence-corrected chi connectivity index (χ0v) is 13.2. The summed E-state index contributed by atoms with van der Waals surface area (Å²) in [6.07, 6.45) is 2.03. The van der Waals surface area contributed by atoms with Crippen molar-refractivity contribution in [1.82, 2.24) is 4.90 Å². The van der Waals surface area contributed by atoms with Crippen LogP contribution in [0.2, 0.25) is 0 Å². The molecule has 0 aliphatic carbocycles. The number of hydrogen-bond acceptors (Lipinski definition) is 4. The Kier molecular flexibility index (Phi) is 7.09. The average molecular weight is 311 g/mol. The van der Waals surface area contributed by atoms with Gasteiger partial charge in [-0.1, -0.05) is 6.92 Å². The lowest BCUT2D eigenvalue weighted by Crippen LogP contribution is -2.40. The third-order valence-electron chi connectivity index (χ3n) is 3.83. The van der Waals surface area contributed by atoms with Gasteiger partial charge in [-0.25, -0.2) is 4.39 Å². The molecule has 5 heteroatoms. The van der Waals surface area contributed by atoms with Crippen molar-refractivity contribution in [3.8, 4) is 5.75 Å². The van der Waals surface area contributed by atoms with Gasteiger partial charge in [-0.2, -0.15) is 0 Å². The third kappa shape index (κ3) is 6.30. The fourth-order valence-electron chi connectivity index (χ4n) is 2.77. The van der Waals surface area contributed by atoms with Crippen LogP contribution in [0.5, 0.6) is 5.75 Å². The van der Waals surface area contributed by atoms with Crippen LogP contribution in [0.4, 0.5) is 4.39 Å². The minimum atomic E-state index is -0.462. The number of piperidine rings is 1. The number of ether oxygens (including phenoxy) is 2. The lowest BCUT2D eigenvalue weighted by molar-refractivity contribution is 0.00222. The average Bonchev–Trinajstić information content (AvgIpc) is 2.49. The predicted octanol–water partition coefficient (Wildman–Crippen LogP) is 2.31. The van der Waals surface area contributed by atoms with Gasteiger partial charge in [0.15, 0.2) is 0 Å². The molecule has 1 fully saturated rings. The molecule has 1 aliphatic rings. The Labute approximate surface area is 131 Å². The molecule has 1 saturated heterocycles. The molecule has 1 aromatic rings. The van der Waals surface area contributed by atoms with E-state index in [1.165, 1.54) is 25.0 Å². The summed E-state index contributed by atoms with van der Waals surface area (Å²) in [5, 5.41) is 9.99. The molecule has 0 radical (unpaired) electrons. The van der Waals surface area contributed by atoms with Crippen molar-refractivity contribution in [2.45, 2.75) is 25.9 Å². The van der Waals surface area contributed by atoms with Crippen molar-refractivity contribution >= 4 is 0 Å². The Morgan fingerprint density at radius 2 is 2.09 bits per heavy atom. The van der Waals surface area contributed by atoms with Crippen LogP contribution in [-0.4, -0.2) is 55.6 Å². The molecule has 124 valence electrons.